The van der Waals surface area contributed by atoms with Gasteiger partial charge in [0.25, 0.3) is 0 Å². The van der Waals surface area contributed by atoms with Crippen LogP contribution in [0.15, 0.2) is 11.6 Å². The Balaban J connectivity index is 2.10. The van der Waals surface area contributed by atoms with E-state index >= 15 is 0 Å². The smallest absolute Gasteiger partial charge is 0.237 e. The topological polar surface area (TPSA) is 60.9 Å². The molecule has 2 rings (SSSR count). The number of hydrogen-bond acceptors (Lipinski definition) is 5. The molecule has 0 spiro atoms. The largest absolute Gasteiger partial charge is 0.335 e. The molecular weight excluding hydrogens is 314 g/mol. The van der Waals surface area contributed by atoms with Crippen LogP contribution >= 0.6 is 0 Å². The third-order valence-electron chi connectivity index (χ3n) is 4.53. The standard InChI is InChI=1S/C16H29N3O3S/c1-13(2)6-5-7-18-8-9-19(16(20)10-17(3)4)15-12-23(21,22)11-14(15)18/h6,14-15H,5,7-12H2,1-4H3/t14-,15+/m1/s1. The minimum absolute atomic E-state index is 0.0334. The summed E-state index contributed by atoms with van der Waals surface area (Å²) >= 11 is 0. The van der Waals surface area contributed by atoms with Gasteiger partial charge in [-0.15, -0.1) is 0 Å². The zero-order valence-corrected chi connectivity index (χ0v) is 15.5. The monoisotopic (exact) mass is 343 g/mol. The van der Waals surface area contributed by atoms with Gasteiger partial charge in [-0.1, -0.05) is 11.6 Å². The summed E-state index contributed by atoms with van der Waals surface area (Å²) in [5.41, 5.74) is 1.28. The molecule has 0 bridgehead atoms. The van der Waals surface area contributed by atoms with Gasteiger partial charge in [-0.05, 0) is 34.4 Å². The van der Waals surface area contributed by atoms with E-state index in [1.165, 1.54) is 5.57 Å². The minimum Gasteiger partial charge on any atom is -0.335 e. The lowest BCUT2D eigenvalue weighted by atomic mass is 10.0. The fourth-order valence-corrected chi connectivity index (χ4v) is 5.50. The maximum Gasteiger partial charge on any atom is 0.237 e. The van der Waals surface area contributed by atoms with Crippen LogP contribution in [0.3, 0.4) is 0 Å². The Hall–Kier alpha value is -0.920. The molecule has 132 valence electrons. The summed E-state index contributed by atoms with van der Waals surface area (Å²) in [5, 5.41) is 0. The zero-order valence-electron chi connectivity index (χ0n) is 14.7. The van der Waals surface area contributed by atoms with Crippen LogP contribution in [0.2, 0.25) is 0 Å². The Kier molecular flexibility index (Phi) is 5.86. The highest BCUT2D eigenvalue weighted by molar-refractivity contribution is 7.91. The molecule has 0 aromatic heterocycles. The highest BCUT2D eigenvalue weighted by atomic mass is 32.2. The van der Waals surface area contributed by atoms with Gasteiger partial charge in [0.1, 0.15) is 0 Å². The van der Waals surface area contributed by atoms with E-state index < -0.39 is 9.84 Å². The molecular formula is C16H29N3O3S. The number of carbonyl (C=O) groups is 1. The average molecular weight is 343 g/mol. The molecule has 2 fully saturated rings. The second kappa shape index (κ2) is 7.32. The van der Waals surface area contributed by atoms with Crippen LogP contribution in [-0.2, 0) is 14.6 Å². The number of nitrogens with zero attached hydrogens (tertiary/aromatic N) is 3. The molecule has 0 radical (unpaired) electrons. The predicted octanol–water partition coefficient (Wildman–Crippen LogP) is 0.214. The molecule has 0 unspecified atom stereocenters. The molecule has 0 aromatic carbocycles. The number of amides is 1. The van der Waals surface area contributed by atoms with E-state index in [2.05, 4.69) is 24.8 Å². The van der Waals surface area contributed by atoms with Gasteiger partial charge >= 0.3 is 0 Å². The first-order valence-corrected chi connectivity index (χ1v) is 10.0. The van der Waals surface area contributed by atoms with Gasteiger partial charge in [-0.25, -0.2) is 8.42 Å². The third-order valence-corrected chi connectivity index (χ3v) is 6.23. The van der Waals surface area contributed by atoms with E-state index in [4.69, 9.17) is 0 Å². The van der Waals surface area contributed by atoms with Crippen molar-refractivity contribution in [1.29, 1.82) is 0 Å². The average Bonchev–Trinajstić information content (AvgIpc) is 2.72. The van der Waals surface area contributed by atoms with Gasteiger partial charge in [0.2, 0.25) is 5.91 Å². The van der Waals surface area contributed by atoms with Crippen molar-refractivity contribution in [3.8, 4) is 0 Å². The summed E-state index contributed by atoms with van der Waals surface area (Å²) in [6.45, 7) is 6.71. The Bertz CT molecular complexity index is 567. The number of likely N-dealkylation sites (N-methyl/N-ethyl adjacent to an activating group) is 1. The van der Waals surface area contributed by atoms with Crippen LogP contribution < -0.4 is 0 Å². The SMILES string of the molecule is CC(C)=CCCN1CCN(C(=O)CN(C)C)[C@H]2CS(=O)(=O)C[C@H]21. The van der Waals surface area contributed by atoms with Crippen molar-refractivity contribution in [3.63, 3.8) is 0 Å². The number of carbonyl (C=O) groups excluding carboxylic acids is 1. The molecule has 0 saturated carbocycles. The Morgan fingerprint density at radius 2 is 1.83 bits per heavy atom. The molecule has 0 aromatic rings. The first-order chi connectivity index (χ1) is 10.7. The van der Waals surface area contributed by atoms with Gasteiger partial charge in [0.15, 0.2) is 9.84 Å². The Morgan fingerprint density at radius 1 is 1.17 bits per heavy atom. The fourth-order valence-electron chi connectivity index (χ4n) is 3.49. The first-order valence-electron chi connectivity index (χ1n) is 8.21. The summed E-state index contributed by atoms with van der Waals surface area (Å²) in [6.07, 6.45) is 3.11. The summed E-state index contributed by atoms with van der Waals surface area (Å²) in [4.78, 5) is 18.3. The number of allylic oxidation sites excluding steroid dienone is 1. The minimum atomic E-state index is -3.06. The highest BCUT2D eigenvalue weighted by Crippen LogP contribution is 2.27. The van der Waals surface area contributed by atoms with Crippen molar-refractivity contribution in [2.24, 2.45) is 0 Å². The molecule has 0 aliphatic carbocycles. The van der Waals surface area contributed by atoms with Gasteiger partial charge < -0.3 is 9.80 Å². The van der Waals surface area contributed by atoms with Gasteiger partial charge in [0.05, 0.1) is 24.1 Å². The van der Waals surface area contributed by atoms with E-state index in [1.807, 2.05) is 19.0 Å². The van der Waals surface area contributed by atoms with Crippen molar-refractivity contribution < 1.29 is 13.2 Å². The highest BCUT2D eigenvalue weighted by Gasteiger charge is 2.47. The quantitative estimate of drug-likeness (QED) is 0.668. The molecule has 2 saturated heterocycles. The molecule has 6 nitrogen and oxygen atoms in total. The van der Waals surface area contributed by atoms with Crippen LogP contribution in [0.5, 0.6) is 0 Å². The van der Waals surface area contributed by atoms with Crippen LogP contribution in [0.4, 0.5) is 0 Å². The van der Waals surface area contributed by atoms with Crippen LogP contribution in [0, 0.1) is 0 Å². The van der Waals surface area contributed by atoms with E-state index in [0.29, 0.717) is 13.1 Å². The zero-order chi connectivity index (χ0) is 17.2. The number of piperazine rings is 1. The number of hydrogen-bond donors (Lipinski definition) is 0. The van der Waals surface area contributed by atoms with Crippen molar-refractivity contribution in [2.75, 3.05) is 51.8 Å². The van der Waals surface area contributed by atoms with Gasteiger partial charge in [-0.3, -0.25) is 9.69 Å². The third kappa shape index (κ3) is 4.78. The van der Waals surface area contributed by atoms with E-state index in [0.717, 1.165) is 19.5 Å². The molecule has 1 amide bonds. The summed E-state index contributed by atoms with van der Waals surface area (Å²) in [5.74, 6) is 0.319. The molecule has 0 N–H and O–H groups in total. The second-order valence-electron chi connectivity index (χ2n) is 7.14. The molecule has 23 heavy (non-hydrogen) atoms. The van der Waals surface area contributed by atoms with Gasteiger partial charge in [-0.2, -0.15) is 0 Å². The lowest BCUT2D eigenvalue weighted by Crippen LogP contribution is -2.61. The molecule has 2 heterocycles. The van der Waals surface area contributed by atoms with Crippen molar-refractivity contribution in [1.82, 2.24) is 14.7 Å². The number of fused-ring (bicyclic) bond motifs is 1. The second-order valence-corrected chi connectivity index (χ2v) is 9.30. The van der Waals surface area contributed by atoms with E-state index in [-0.39, 0.29) is 29.5 Å². The maximum absolute atomic E-state index is 12.4. The van der Waals surface area contributed by atoms with Crippen molar-refractivity contribution in [3.05, 3.63) is 11.6 Å². The number of sulfone groups is 1. The van der Waals surface area contributed by atoms with Crippen molar-refractivity contribution >= 4 is 15.7 Å². The maximum atomic E-state index is 12.4. The van der Waals surface area contributed by atoms with E-state index in [1.54, 1.807) is 4.90 Å². The predicted molar refractivity (Wildman–Crippen MR) is 92.1 cm³/mol. The van der Waals surface area contributed by atoms with Crippen LogP contribution in [0.1, 0.15) is 20.3 Å². The summed E-state index contributed by atoms with van der Waals surface area (Å²) in [7, 11) is 0.653. The molecule has 2 aliphatic rings. The molecule has 2 aliphatic heterocycles. The number of rotatable bonds is 5. The first kappa shape index (κ1) is 18.4. The summed E-state index contributed by atoms with van der Waals surface area (Å²) < 4.78 is 24.3. The fraction of sp³-hybridized carbons (Fsp3) is 0.812. The van der Waals surface area contributed by atoms with Gasteiger partial charge in [0, 0.05) is 25.7 Å². The molecule has 2 atom stereocenters. The lowest BCUT2D eigenvalue weighted by Gasteiger charge is -2.44. The lowest BCUT2D eigenvalue weighted by molar-refractivity contribution is -0.137. The normalized spacial score (nSPS) is 27.1. The van der Waals surface area contributed by atoms with Crippen LogP contribution in [-0.4, -0.2) is 92.9 Å². The Labute approximate surface area is 140 Å². The van der Waals surface area contributed by atoms with Crippen molar-refractivity contribution in [2.45, 2.75) is 32.4 Å². The summed E-state index contributed by atoms with van der Waals surface area (Å²) in [6, 6.07) is -0.238. The Morgan fingerprint density at radius 3 is 2.43 bits per heavy atom. The van der Waals surface area contributed by atoms with Crippen LogP contribution in [0.25, 0.3) is 0 Å². The molecule has 7 heteroatoms. The van der Waals surface area contributed by atoms with E-state index in [9.17, 15) is 13.2 Å².